The van der Waals surface area contributed by atoms with Crippen LogP contribution in [0, 0.1) is 0 Å². The summed E-state index contributed by atoms with van der Waals surface area (Å²) >= 11 is 9.27. The zero-order chi connectivity index (χ0) is 15.2. The van der Waals surface area contributed by atoms with Crippen LogP contribution in [-0.4, -0.2) is 11.8 Å². The first-order valence-corrected chi connectivity index (χ1v) is 7.31. The van der Waals surface area contributed by atoms with Crippen LogP contribution in [0.3, 0.4) is 0 Å². The van der Waals surface area contributed by atoms with E-state index in [1.54, 1.807) is 36.4 Å². The molecule has 108 valence electrons. The number of rotatable bonds is 3. The quantitative estimate of drug-likeness (QED) is 0.817. The second kappa shape index (κ2) is 7.24. The van der Waals surface area contributed by atoms with Gasteiger partial charge in [-0.3, -0.25) is 9.59 Å². The van der Waals surface area contributed by atoms with Crippen LogP contribution in [0.4, 0.5) is 5.69 Å². The van der Waals surface area contributed by atoms with E-state index >= 15 is 0 Å². The molecule has 2 aromatic rings. The Bertz CT molecular complexity index is 676. The van der Waals surface area contributed by atoms with Crippen LogP contribution in [0.2, 0.25) is 5.02 Å². The van der Waals surface area contributed by atoms with Crippen molar-refractivity contribution in [3.8, 4) is 0 Å². The monoisotopic (exact) mass is 366 g/mol. The summed E-state index contributed by atoms with van der Waals surface area (Å²) in [6.07, 6.45) is 0. The van der Waals surface area contributed by atoms with E-state index in [1.165, 1.54) is 0 Å². The molecule has 4 nitrogen and oxygen atoms in total. The van der Waals surface area contributed by atoms with E-state index in [2.05, 4.69) is 26.6 Å². The maximum atomic E-state index is 11.8. The summed E-state index contributed by atoms with van der Waals surface area (Å²) in [7, 11) is 0. The van der Waals surface area contributed by atoms with Crippen molar-refractivity contribution in [3.63, 3.8) is 0 Å². The predicted octanol–water partition coefficient (Wildman–Crippen LogP) is 3.36. The third kappa shape index (κ3) is 4.58. The lowest BCUT2D eigenvalue weighted by atomic mass is 10.2. The highest BCUT2D eigenvalue weighted by molar-refractivity contribution is 9.10. The minimum absolute atomic E-state index is 0.199. The molecule has 0 bridgehead atoms. The third-order valence-electron chi connectivity index (χ3n) is 2.69. The number of amides is 2. The molecule has 0 spiro atoms. The summed E-state index contributed by atoms with van der Waals surface area (Å²) < 4.78 is 0.816. The average molecular weight is 368 g/mol. The Morgan fingerprint density at radius 2 is 1.81 bits per heavy atom. The Kier molecular flexibility index (Phi) is 5.36. The number of hydrogen-bond acceptors (Lipinski definition) is 2. The third-order valence-corrected chi connectivity index (χ3v) is 3.55. The largest absolute Gasteiger partial charge is 0.344 e. The molecular formula is C15H12BrClN2O2. The maximum Gasteiger partial charge on any atom is 0.313 e. The first-order valence-electron chi connectivity index (χ1n) is 6.14. The van der Waals surface area contributed by atoms with Crippen molar-refractivity contribution >= 4 is 45.0 Å². The second-order valence-electron chi connectivity index (χ2n) is 4.24. The zero-order valence-corrected chi connectivity index (χ0v) is 13.2. The van der Waals surface area contributed by atoms with Gasteiger partial charge in [-0.25, -0.2) is 0 Å². The average Bonchev–Trinajstić information content (AvgIpc) is 2.46. The molecular weight excluding hydrogens is 356 g/mol. The van der Waals surface area contributed by atoms with Crippen molar-refractivity contribution in [2.45, 2.75) is 6.54 Å². The lowest BCUT2D eigenvalue weighted by Gasteiger charge is -2.08. The Hall–Kier alpha value is -1.85. The molecule has 0 atom stereocenters. The standard InChI is InChI=1S/C15H12BrClN2O2/c16-11-5-3-6-12(8-11)19-15(21)14(20)18-9-10-4-1-2-7-13(10)17/h1-8H,9H2,(H,18,20)(H,19,21). The van der Waals surface area contributed by atoms with Gasteiger partial charge in [-0.2, -0.15) is 0 Å². The summed E-state index contributed by atoms with van der Waals surface area (Å²) in [5.41, 5.74) is 1.30. The van der Waals surface area contributed by atoms with Gasteiger partial charge in [0.25, 0.3) is 0 Å². The molecule has 0 aliphatic heterocycles. The normalized spacial score (nSPS) is 10.0. The fourth-order valence-corrected chi connectivity index (χ4v) is 2.25. The first-order chi connectivity index (χ1) is 10.1. The van der Waals surface area contributed by atoms with Crippen molar-refractivity contribution in [2.24, 2.45) is 0 Å². The number of nitrogens with one attached hydrogen (secondary N) is 2. The van der Waals surface area contributed by atoms with Crippen LogP contribution in [0.25, 0.3) is 0 Å². The molecule has 21 heavy (non-hydrogen) atoms. The number of carbonyl (C=O) groups excluding carboxylic acids is 2. The van der Waals surface area contributed by atoms with Crippen molar-refractivity contribution in [1.29, 1.82) is 0 Å². The van der Waals surface area contributed by atoms with Crippen molar-refractivity contribution in [1.82, 2.24) is 5.32 Å². The van der Waals surface area contributed by atoms with Crippen LogP contribution in [0.15, 0.2) is 53.0 Å². The van der Waals surface area contributed by atoms with E-state index in [4.69, 9.17) is 11.6 Å². The van der Waals surface area contributed by atoms with Gasteiger partial charge < -0.3 is 10.6 Å². The van der Waals surface area contributed by atoms with Crippen LogP contribution in [-0.2, 0) is 16.1 Å². The Morgan fingerprint density at radius 3 is 2.52 bits per heavy atom. The summed E-state index contributed by atoms with van der Waals surface area (Å²) in [6, 6.07) is 14.1. The van der Waals surface area contributed by atoms with E-state index in [0.29, 0.717) is 10.7 Å². The van der Waals surface area contributed by atoms with Crippen LogP contribution >= 0.6 is 27.5 Å². The smallest absolute Gasteiger partial charge is 0.313 e. The molecule has 2 rings (SSSR count). The Balaban J connectivity index is 1.91. The highest BCUT2D eigenvalue weighted by Gasteiger charge is 2.13. The van der Waals surface area contributed by atoms with Crippen molar-refractivity contribution in [3.05, 3.63) is 63.6 Å². The number of carbonyl (C=O) groups is 2. The fourth-order valence-electron chi connectivity index (χ4n) is 1.65. The first kappa shape index (κ1) is 15.5. The Labute approximate surface area is 135 Å². The van der Waals surface area contributed by atoms with Crippen molar-refractivity contribution in [2.75, 3.05) is 5.32 Å². The van der Waals surface area contributed by atoms with Gasteiger partial charge in [0.15, 0.2) is 0 Å². The number of benzene rings is 2. The summed E-state index contributed by atoms with van der Waals surface area (Å²) in [5, 5.41) is 5.59. The zero-order valence-electron chi connectivity index (χ0n) is 10.9. The van der Waals surface area contributed by atoms with Gasteiger partial charge in [0, 0.05) is 21.7 Å². The molecule has 2 aromatic carbocycles. The van der Waals surface area contributed by atoms with Gasteiger partial charge in [-0.15, -0.1) is 0 Å². The number of anilines is 1. The SMILES string of the molecule is O=C(NCc1ccccc1Cl)C(=O)Nc1cccc(Br)c1. The molecule has 0 unspecified atom stereocenters. The van der Waals surface area contributed by atoms with E-state index in [1.807, 2.05) is 12.1 Å². The van der Waals surface area contributed by atoms with Gasteiger partial charge in [0.1, 0.15) is 0 Å². The van der Waals surface area contributed by atoms with E-state index < -0.39 is 11.8 Å². The second-order valence-corrected chi connectivity index (χ2v) is 5.56. The van der Waals surface area contributed by atoms with Gasteiger partial charge in [0.05, 0.1) is 0 Å². The molecule has 2 amide bonds. The van der Waals surface area contributed by atoms with Crippen LogP contribution in [0.1, 0.15) is 5.56 Å². The van der Waals surface area contributed by atoms with Crippen LogP contribution < -0.4 is 10.6 Å². The van der Waals surface area contributed by atoms with E-state index in [-0.39, 0.29) is 6.54 Å². The highest BCUT2D eigenvalue weighted by atomic mass is 79.9. The van der Waals surface area contributed by atoms with Gasteiger partial charge in [0.2, 0.25) is 0 Å². The van der Waals surface area contributed by atoms with Gasteiger partial charge >= 0.3 is 11.8 Å². The molecule has 6 heteroatoms. The van der Waals surface area contributed by atoms with Gasteiger partial charge in [-0.1, -0.05) is 51.8 Å². The highest BCUT2D eigenvalue weighted by Crippen LogP contribution is 2.16. The lowest BCUT2D eigenvalue weighted by Crippen LogP contribution is -2.35. The van der Waals surface area contributed by atoms with Crippen molar-refractivity contribution < 1.29 is 9.59 Å². The summed E-state index contributed by atoms with van der Waals surface area (Å²) in [5.74, 6) is -1.44. The van der Waals surface area contributed by atoms with E-state index in [0.717, 1.165) is 10.0 Å². The molecule has 2 N–H and O–H groups in total. The summed E-state index contributed by atoms with van der Waals surface area (Å²) in [4.78, 5) is 23.5. The summed E-state index contributed by atoms with van der Waals surface area (Å²) in [6.45, 7) is 0.199. The fraction of sp³-hybridized carbons (Fsp3) is 0.0667. The van der Waals surface area contributed by atoms with Gasteiger partial charge in [-0.05, 0) is 29.8 Å². The molecule has 0 aromatic heterocycles. The lowest BCUT2D eigenvalue weighted by molar-refractivity contribution is -0.136. The topological polar surface area (TPSA) is 58.2 Å². The molecule has 0 saturated carbocycles. The molecule has 0 heterocycles. The number of hydrogen-bond donors (Lipinski definition) is 2. The molecule has 0 fully saturated rings. The minimum Gasteiger partial charge on any atom is -0.344 e. The Morgan fingerprint density at radius 1 is 1.05 bits per heavy atom. The minimum atomic E-state index is -0.722. The van der Waals surface area contributed by atoms with Crippen LogP contribution in [0.5, 0.6) is 0 Å². The molecule has 0 saturated heterocycles. The predicted molar refractivity (Wildman–Crippen MR) is 86.1 cm³/mol. The van der Waals surface area contributed by atoms with E-state index in [9.17, 15) is 9.59 Å². The molecule has 0 aliphatic carbocycles. The molecule has 0 aliphatic rings. The maximum absolute atomic E-state index is 11.8. The number of halogens is 2. The molecule has 0 radical (unpaired) electrons.